The zero-order valence-corrected chi connectivity index (χ0v) is 42.5. The van der Waals surface area contributed by atoms with Gasteiger partial charge in [-0.15, -0.1) is 0 Å². The first-order chi connectivity index (χ1) is 31.6. The number of nitrogens with zero attached hydrogens (tertiary/aromatic N) is 4. The van der Waals surface area contributed by atoms with Gasteiger partial charge < -0.3 is 39.9 Å². The van der Waals surface area contributed by atoms with Gasteiger partial charge in [0.05, 0.1) is 41.9 Å². The molecule has 17 nitrogen and oxygen atoms in total. The van der Waals surface area contributed by atoms with E-state index in [4.69, 9.17) is 9.47 Å². The Balaban J connectivity index is 1.71. The second-order valence-electron chi connectivity index (χ2n) is 19.0. The van der Waals surface area contributed by atoms with Gasteiger partial charge in [0.2, 0.25) is 41.4 Å². The van der Waals surface area contributed by atoms with Crippen LogP contribution in [0.1, 0.15) is 112 Å². The van der Waals surface area contributed by atoms with Gasteiger partial charge in [-0.25, -0.2) is 4.79 Å². The molecule has 2 fully saturated rings. The summed E-state index contributed by atoms with van der Waals surface area (Å²) in [6, 6.07) is 4.96. The molecule has 67 heavy (non-hydrogen) atoms. The number of likely N-dealkylation sites (N-methyl/N-ethyl adjacent to an activating group) is 2. The van der Waals surface area contributed by atoms with Crippen LogP contribution in [0.15, 0.2) is 30.3 Å². The number of carbonyl (C=O) groups is 8. The van der Waals surface area contributed by atoms with Crippen molar-refractivity contribution in [2.75, 3.05) is 41.4 Å². The molecule has 0 bridgehead atoms. The van der Waals surface area contributed by atoms with E-state index >= 15 is 0 Å². The summed E-state index contributed by atoms with van der Waals surface area (Å²) < 4.78 is 11.9. The van der Waals surface area contributed by atoms with E-state index in [9.17, 15) is 43.5 Å². The van der Waals surface area contributed by atoms with Crippen LogP contribution in [0.3, 0.4) is 0 Å². The van der Waals surface area contributed by atoms with E-state index in [1.807, 2.05) is 47.6 Å². The van der Waals surface area contributed by atoms with E-state index in [1.165, 1.54) is 24.0 Å². The third-order valence-electron chi connectivity index (χ3n) is 13.6. The number of likely N-dealkylation sites (tertiary alicyclic amines) is 2. The fraction of sp³-hybridized carbons (Fsp3) is 0.714. The van der Waals surface area contributed by atoms with Gasteiger partial charge in [-0.05, 0) is 49.0 Å². The number of aliphatic carboxylic acids is 1. The van der Waals surface area contributed by atoms with Crippen LogP contribution in [0.2, 0.25) is 0 Å². The number of amides is 7. The molecule has 376 valence electrons. The molecule has 0 radical (unpaired) electrons. The Bertz CT molecular complexity index is 1850. The number of rotatable bonds is 27. The van der Waals surface area contributed by atoms with Gasteiger partial charge in [0.1, 0.15) is 18.1 Å². The Morgan fingerprint density at radius 2 is 1.54 bits per heavy atom. The summed E-state index contributed by atoms with van der Waals surface area (Å²) in [5.74, 6) is -5.10. The number of ether oxygens (including phenoxy) is 2. The van der Waals surface area contributed by atoms with Crippen LogP contribution in [-0.4, -0.2) is 161 Å². The summed E-state index contributed by atoms with van der Waals surface area (Å²) in [7, 11) is 6.21. The van der Waals surface area contributed by atoms with E-state index < -0.39 is 71.4 Å². The zero-order valence-electron chi connectivity index (χ0n) is 41.6. The molecular weight excluding hydrogens is 881 g/mol. The van der Waals surface area contributed by atoms with Gasteiger partial charge >= 0.3 is 5.97 Å². The highest BCUT2D eigenvalue weighted by Crippen LogP contribution is 2.30. The smallest absolute Gasteiger partial charge is 0.326 e. The summed E-state index contributed by atoms with van der Waals surface area (Å²) in [6.45, 7) is 13.7. The van der Waals surface area contributed by atoms with Gasteiger partial charge in [-0.3, -0.25) is 38.5 Å². The molecule has 7 amide bonds. The Labute approximate surface area is 403 Å². The number of unbranched alkanes of at least 4 members (excludes halogenated alkanes) is 2. The standard InChI is InChI=1S/C49H78N6O11S/c1-12-31(6)43(36(65-10)27-39(57)54-25-19-22-35(54)44(66-11)32(7)45(59)50-34(49(63)64)26-33-20-15-13-16-21-33)53(9)48(62)41(29(2)3)51-46(60)42(30(4)5)52(8)38(56)23-17-14-18-24-55-40(58)28-37(67)47(55)61/h13,15-16,20-21,29-32,34-37,41-44,67H,12,14,17-19,22-28H2,1-11H3,(H,50,59)(H,51,60)(H,63,64)/t31-,32+,34-,35-,36+,37?,41-,42-,43-,44+/m0/s1. The van der Waals surface area contributed by atoms with Crippen molar-refractivity contribution in [2.24, 2.45) is 23.7 Å². The molecule has 2 heterocycles. The summed E-state index contributed by atoms with van der Waals surface area (Å²) in [4.78, 5) is 112. The highest BCUT2D eigenvalue weighted by atomic mass is 32.1. The van der Waals surface area contributed by atoms with Crippen molar-refractivity contribution in [3.8, 4) is 0 Å². The summed E-state index contributed by atoms with van der Waals surface area (Å²) in [5, 5.41) is 15.0. The Kier molecular flexibility index (Phi) is 22.8. The van der Waals surface area contributed by atoms with Gasteiger partial charge in [0, 0.05) is 60.7 Å². The maximum Gasteiger partial charge on any atom is 0.326 e. The minimum atomic E-state index is -1.16. The molecule has 1 unspecified atom stereocenters. The van der Waals surface area contributed by atoms with Crippen molar-refractivity contribution < 1.29 is 52.9 Å². The Hall–Kier alpha value is -4.55. The lowest BCUT2D eigenvalue weighted by atomic mass is 9.89. The summed E-state index contributed by atoms with van der Waals surface area (Å²) in [5.41, 5.74) is 0.762. The van der Waals surface area contributed by atoms with Crippen LogP contribution in [0, 0.1) is 23.7 Å². The van der Waals surface area contributed by atoms with Crippen LogP contribution in [0.4, 0.5) is 0 Å². The average Bonchev–Trinajstić information content (AvgIpc) is 3.87. The maximum atomic E-state index is 14.6. The van der Waals surface area contributed by atoms with Crippen molar-refractivity contribution in [1.82, 2.24) is 30.2 Å². The molecular formula is C49H78N6O11S. The topological polar surface area (TPSA) is 212 Å². The van der Waals surface area contributed by atoms with E-state index in [2.05, 4.69) is 23.3 Å². The minimum absolute atomic E-state index is 0.0829. The number of carbonyl (C=O) groups excluding carboxylic acids is 7. The highest BCUT2D eigenvalue weighted by Gasteiger charge is 2.44. The summed E-state index contributed by atoms with van der Waals surface area (Å²) >= 11 is 4.16. The first kappa shape index (κ1) is 56.8. The average molecular weight is 959 g/mol. The van der Waals surface area contributed by atoms with Crippen molar-refractivity contribution in [2.45, 2.75) is 160 Å². The molecule has 1 aromatic carbocycles. The maximum absolute atomic E-state index is 14.6. The molecule has 0 aromatic heterocycles. The normalized spacial score (nSPS) is 19.9. The lowest BCUT2D eigenvalue weighted by Crippen LogP contribution is -2.60. The van der Waals surface area contributed by atoms with Gasteiger partial charge in [-0.2, -0.15) is 12.6 Å². The Morgan fingerprint density at radius 3 is 2.07 bits per heavy atom. The first-order valence-corrected chi connectivity index (χ1v) is 24.4. The number of thiol groups is 1. The quantitative estimate of drug-likeness (QED) is 0.0563. The SMILES string of the molecule is CC[C@H](C)[C@@H]([C@@H](CC(=O)N1CCC[C@H]1[C@H](OC)[C@@H](C)C(=O)N[C@@H](Cc1ccccc1)C(=O)O)OC)N(C)C(=O)[C@@H](NC(=O)[C@H](C(C)C)N(C)C(=O)CCCCCN1C(=O)CC(S)C1=O)C(C)C. The highest BCUT2D eigenvalue weighted by molar-refractivity contribution is 7.81. The molecule has 3 rings (SSSR count). The van der Waals surface area contributed by atoms with E-state index in [-0.39, 0.29) is 79.5 Å². The van der Waals surface area contributed by atoms with Gasteiger partial charge in [0.25, 0.3) is 0 Å². The second-order valence-corrected chi connectivity index (χ2v) is 19.6. The third-order valence-corrected chi connectivity index (χ3v) is 14.0. The van der Waals surface area contributed by atoms with Crippen LogP contribution >= 0.6 is 12.6 Å². The van der Waals surface area contributed by atoms with Crippen LogP contribution in [0.25, 0.3) is 0 Å². The lowest BCUT2D eigenvalue weighted by Gasteiger charge is -2.41. The molecule has 0 aliphatic carbocycles. The van der Waals surface area contributed by atoms with Gasteiger partial charge in [0.15, 0.2) is 0 Å². The molecule has 18 heteroatoms. The van der Waals surface area contributed by atoms with Crippen LogP contribution in [0.5, 0.6) is 0 Å². The zero-order chi connectivity index (χ0) is 50.3. The number of hydrogen-bond acceptors (Lipinski definition) is 11. The van der Waals surface area contributed by atoms with Crippen molar-refractivity contribution >= 4 is 59.9 Å². The number of hydrogen-bond donors (Lipinski definition) is 4. The fourth-order valence-corrected chi connectivity index (χ4v) is 9.81. The largest absolute Gasteiger partial charge is 0.480 e. The first-order valence-electron chi connectivity index (χ1n) is 23.9. The molecule has 10 atom stereocenters. The number of nitrogens with one attached hydrogen (secondary N) is 2. The lowest BCUT2D eigenvalue weighted by molar-refractivity contribution is -0.149. The number of carboxylic acids is 1. The molecule has 3 N–H and O–H groups in total. The fourth-order valence-electron chi connectivity index (χ4n) is 9.51. The van der Waals surface area contributed by atoms with Crippen LogP contribution in [-0.2, 0) is 54.3 Å². The second kappa shape index (κ2) is 26.9. The predicted molar refractivity (Wildman–Crippen MR) is 257 cm³/mol. The van der Waals surface area contributed by atoms with E-state index in [0.717, 1.165) is 5.56 Å². The van der Waals surface area contributed by atoms with E-state index in [1.54, 1.807) is 55.1 Å². The predicted octanol–water partition coefficient (Wildman–Crippen LogP) is 3.96. The molecule has 0 spiro atoms. The molecule has 1 aromatic rings. The van der Waals surface area contributed by atoms with Crippen molar-refractivity contribution in [1.29, 1.82) is 0 Å². The molecule has 2 aliphatic heterocycles. The minimum Gasteiger partial charge on any atom is -0.480 e. The monoisotopic (exact) mass is 959 g/mol. The van der Waals surface area contributed by atoms with Crippen LogP contribution < -0.4 is 10.6 Å². The van der Waals surface area contributed by atoms with Gasteiger partial charge in [-0.1, -0.05) is 91.6 Å². The number of carboxylic acid groups (broad SMARTS) is 1. The van der Waals surface area contributed by atoms with Crippen molar-refractivity contribution in [3.63, 3.8) is 0 Å². The summed E-state index contributed by atoms with van der Waals surface area (Å²) in [6.07, 6.45) is 2.31. The number of benzene rings is 1. The third kappa shape index (κ3) is 15.2. The molecule has 2 aliphatic rings. The number of imide groups is 1. The molecule has 0 saturated carbocycles. The Morgan fingerprint density at radius 1 is 0.881 bits per heavy atom. The molecule has 2 saturated heterocycles. The number of methoxy groups -OCH3 is 2. The van der Waals surface area contributed by atoms with E-state index in [0.29, 0.717) is 45.1 Å². The van der Waals surface area contributed by atoms with Crippen molar-refractivity contribution in [3.05, 3.63) is 35.9 Å².